The zero-order valence-corrected chi connectivity index (χ0v) is 8.35. The fraction of sp³-hybridized carbons (Fsp3) is 0.571. The average molecular weight is 186 g/mol. The molecule has 1 rings (SSSR count). The second-order valence-corrected chi connectivity index (χ2v) is 3.70. The minimum Gasteiger partial charge on any atom is -0.311 e. The standard InChI is InChI=1S/C7H14N4S/c1-5(9-2)7-10-4-6(12-7)11(3)8/h4-5,9H,8H2,1-3H3. The number of anilines is 1. The van der Waals surface area contributed by atoms with E-state index in [0.717, 1.165) is 10.0 Å². The van der Waals surface area contributed by atoms with Gasteiger partial charge in [-0.3, -0.25) is 0 Å². The van der Waals surface area contributed by atoms with Crippen molar-refractivity contribution in [3.05, 3.63) is 11.2 Å². The Morgan fingerprint density at radius 3 is 2.83 bits per heavy atom. The van der Waals surface area contributed by atoms with Gasteiger partial charge in [0.1, 0.15) is 10.0 Å². The first-order valence-corrected chi connectivity index (χ1v) is 4.58. The van der Waals surface area contributed by atoms with Crippen molar-refractivity contribution in [2.75, 3.05) is 19.1 Å². The molecule has 68 valence electrons. The van der Waals surface area contributed by atoms with Crippen molar-refractivity contribution < 1.29 is 0 Å². The molecule has 0 amide bonds. The molecule has 0 fully saturated rings. The van der Waals surface area contributed by atoms with E-state index in [4.69, 9.17) is 5.84 Å². The molecule has 0 spiro atoms. The highest BCUT2D eigenvalue weighted by molar-refractivity contribution is 7.15. The number of hydrogen-bond acceptors (Lipinski definition) is 5. The Hall–Kier alpha value is -0.650. The summed E-state index contributed by atoms with van der Waals surface area (Å²) in [5.74, 6) is 5.55. The molecule has 1 aromatic rings. The molecule has 0 saturated heterocycles. The molecule has 1 unspecified atom stereocenters. The quantitative estimate of drug-likeness (QED) is 0.540. The third-order valence-electron chi connectivity index (χ3n) is 1.66. The largest absolute Gasteiger partial charge is 0.311 e. The molecule has 4 nitrogen and oxygen atoms in total. The van der Waals surface area contributed by atoms with Crippen molar-refractivity contribution in [2.45, 2.75) is 13.0 Å². The van der Waals surface area contributed by atoms with E-state index in [0.29, 0.717) is 6.04 Å². The molecule has 0 aliphatic rings. The zero-order chi connectivity index (χ0) is 9.14. The molecular formula is C7H14N4S. The lowest BCUT2D eigenvalue weighted by Crippen LogP contribution is -2.23. The number of hydrogen-bond donors (Lipinski definition) is 2. The molecular weight excluding hydrogens is 172 g/mol. The molecule has 3 N–H and O–H groups in total. The maximum absolute atomic E-state index is 5.55. The minimum absolute atomic E-state index is 0.295. The van der Waals surface area contributed by atoms with E-state index in [2.05, 4.69) is 17.2 Å². The van der Waals surface area contributed by atoms with E-state index in [1.54, 1.807) is 29.6 Å². The van der Waals surface area contributed by atoms with Crippen molar-refractivity contribution in [1.82, 2.24) is 10.3 Å². The maximum atomic E-state index is 5.55. The number of thiazole rings is 1. The molecule has 0 aliphatic carbocycles. The van der Waals surface area contributed by atoms with Gasteiger partial charge in [0.05, 0.1) is 12.2 Å². The number of nitrogens with one attached hydrogen (secondary N) is 1. The Morgan fingerprint density at radius 1 is 1.75 bits per heavy atom. The van der Waals surface area contributed by atoms with Crippen LogP contribution < -0.4 is 16.2 Å². The Balaban J connectivity index is 2.77. The Bertz CT molecular complexity index is 245. The number of rotatable bonds is 3. The number of nitrogens with zero attached hydrogens (tertiary/aromatic N) is 2. The lowest BCUT2D eigenvalue weighted by atomic mass is 10.4. The Labute approximate surface area is 76.4 Å². The van der Waals surface area contributed by atoms with Gasteiger partial charge in [-0.1, -0.05) is 11.3 Å². The second kappa shape index (κ2) is 3.84. The van der Waals surface area contributed by atoms with Crippen LogP contribution in [0, 0.1) is 0 Å². The maximum Gasteiger partial charge on any atom is 0.125 e. The number of aromatic nitrogens is 1. The van der Waals surface area contributed by atoms with Crippen LogP contribution in [0.4, 0.5) is 5.00 Å². The summed E-state index contributed by atoms with van der Waals surface area (Å²) in [6.45, 7) is 2.07. The highest BCUT2D eigenvalue weighted by Gasteiger charge is 2.08. The molecule has 12 heavy (non-hydrogen) atoms. The van der Waals surface area contributed by atoms with Crippen LogP contribution in [0.1, 0.15) is 18.0 Å². The normalized spacial score (nSPS) is 13.0. The molecule has 1 atom stereocenters. The van der Waals surface area contributed by atoms with E-state index in [1.165, 1.54) is 0 Å². The highest BCUT2D eigenvalue weighted by atomic mass is 32.1. The van der Waals surface area contributed by atoms with E-state index >= 15 is 0 Å². The van der Waals surface area contributed by atoms with E-state index in [9.17, 15) is 0 Å². The smallest absolute Gasteiger partial charge is 0.125 e. The monoisotopic (exact) mass is 186 g/mol. The summed E-state index contributed by atoms with van der Waals surface area (Å²) < 4.78 is 0. The first kappa shape index (κ1) is 9.44. The molecule has 0 bridgehead atoms. The SMILES string of the molecule is CNC(C)c1ncc(N(C)N)s1. The average Bonchev–Trinajstić information content (AvgIpc) is 2.51. The summed E-state index contributed by atoms with van der Waals surface area (Å²) in [6.07, 6.45) is 1.79. The summed E-state index contributed by atoms with van der Waals surface area (Å²) in [7, 11) is 3.72. The summed E-state index contributed by atoms with van der Waals surface area (Å²) in [5.41, 5.74) is 0. The second-order valence-electron chi connectivity index (χ2n) is 2.66. The van der Waals surface area contributed by atoms with Crippen LogP contribution in [-0.4, -0.2) is 19.1 Å². The van der Waals surface area contributed by atoms with Crippen molar-refractivity contribution in [3.8, 4) is 0 Å². The van der Waals surface area contributed by atoms with Crippen LogP contribution in [0.2, 0.25) is 0 Å². The van der Waals surface area contributed by atoms with Gasteiger partial charge in [0.15, 0.2) is 0 Å². The lowest BCUT2D eigenvalue weighted by Gasteiger charge is -2.07. The zero-order valence-electron chi connectivity index (χ0n) is 7.53. The van der Waals surface area contributed by atoms with Gasteiger partial charge in [-0.25, -0.2) is 10.8 Å². The van der Waals surface area contributed by atoms with Gasteiger partial charge >= 0.3 is 0 Å². The Morgan fingerprint density at radius 2 is 2.42 bits per heavy atom. The third-order valence-corrected chi connectivity index (χ3v) is 2.93. The molecule has 1 heterocycles. The van der Waals surface area contributed by atoms with Crippen molar-refractivity contribution >= 4 is 16.3 Å². The summed E-state index contributed by atoms with van der Waals surface area (Å²) in [5, 5.41) is 6.73. The first-order chi connectivity index (χ1) is 5.65. The fourth-order valence-electron chi connectivity index (χ4n) is 0.765. The Kier molecular flexibility index (Phi) is 3.02. The van der Waals surface area contributed by atoms with Crippen LogP contribution in [0.3, 0.4) is 0 Å². The predicted octanol–water partition coefficient (Wildman–Crippen LogP) is 0.733. The summed E-state index contributed by atoms with van der Waals surface area (Å²) >= 11 is 1.60. The van der Waals surface area contributed by atoms with Crippen molar-refractivity contribution in [3.63, 3.8) is 0 Å². The topological polar surface area (TPSA) is 54.2 Å². The van der Waals surface area contributed by atoms with E-state index in [1.807, 2.05) is 7.05 Å². The van der Waals surface area contributed by atoms with Crippen LogP contribution in [0.5, 0.6) is 0 Å². The molecule has 0 radical (unpaired) electrons. The third kappa shape index (κ3) is 1.94. The van der Waals surface area contributed by atoms with Gasteiger partial charge in [-0.05, 0) is 14.0 Å². The van der Waals surface area contributed by atoms with Crippen molar-refractivity contribution in [2.24, 2.45) is 5.84 Å². The van der Waals surface area contributed by atoms with E-state index < -0.39 is 0 Å². The number of nitrogens with two attached hydrogens (primary N) is 1. The number of hydrazine groups is 1. The first-order valence-electron chi connectivity index (χ1n) is 3.76. The lowest BCUT2D eigenvalue weighted by molar-refractivity contribution is 0.647. The predicted molar refractivity (Wildman–Crippen MR) is 52.2 cm³/mol. The van der Waals surface area contributed by atoms with Crippen LogP contribution >= 0.6 is 11.3 Å². The van der Waals surface area contributed by atoms with Crippen LogP contribution in [-0.2, 0) is 0 Å². The fourth-order valence-corrected chi connectivity index (χ4v) is 1.63. The van der Waals surface area contributed by atoms with Gasteiger partial charge in [0.25, 0.3) is 0 Å². The van der Waals surface area contributed by atoms with E-state index in [-0.39, 0.29) is 0 Å². The summed E-state index contributed by atoms with van der Waals surface area (Å²) in [4.78, 5) is 4.24. The summed E-state index contributed by atoms with van der Waals surface area (Å²) in [6, 6.07) is 0.295. The van der Waals surface area contributed by atoms with Gasteiger partial charge in [0.2, 0.25) is 0 Å². The highest BCUT2D eigenvalue weighted by Crippen LogP contribution is 2.24. The molecule has 0 aliphatic heterocycles. The molecule has 5 heteroatoms. The molecule has 0 saturated carbocycles. The minimum atomic E-state index is 0.295. The van der Waals surface area contributed by atoms with Gasteiger partial charge in [-0.15, -0.1) is 0 Å². The van der Waals surface area contributed by atoms with Gasteiger partial charge in [-0.2, -0.15) is 0 Å². The van der Waals surface area contributed by atoms with Crippen molar-refractivity contribution in [1.29, 1.82) is 0 Å². The van der Waals surface area contributed by atoms with Crippen LogP contribution in [0.25, 0.3) is 0 Å². The molecule has 1 aromatic heterocycles. The van der Waals surface area contributed by atoms with Gasteiger partial charge < -0.3 is 10.3 Å². The van der Waals surface area contributed by atoms with Gasteiger partial charge in [0, 0.05) is 7.05 Å². The van der Waals surface area contributed by atoms with Crippen LogP contribution in [0.15, 0.2) is 6.20 Å². The molecule has 0 aromatic carbocycles.